The van der Waals surface area contributed by atoms with Gasteiger partial charge in [0, 0.05) is 30.8 Å². The summed E-state index contributed by atoms with van der Waals surface area (Å²) < 4.78 is 10.5. The van der Waals surface area contributed by atoms with E-state index < -0.39 is 23.2 Å². The number of ether oxygens (including phenoxy) is 2. The Kier molecular flexibility index (Phi) is 7.87. The van der Waals surface area contributed by atoms with Crippen molar-refractivity contribution in [2.24, 2.45) is 0 Å². The van der Waals surface area contributed by atoms with E-state index in [1.807, 2.05) is 42.5 Å². The minimum atomic E-state index is -1.18. The molecular weight excluding hydrogens is 456 g/mol. The Bertz CT molecular complexity index is 1060. The third-order valence-corrected chi connectivity index (χ3v) is 5.69. The Morgan fingerprint density at radius 1 is 1.00 bits per heavy atom. The number of nitrogens with one attached hydrogen (secondary N) is 2. The van der Waals surface area contributed by atoms with E-state index in [0.717, 1.165) is 22.3 Å². The number of hydrogen-bond acceptors (Lipinski definition) is 5. The van der Waals surface area contributed by atoms with E-state index in [2.05, 4.69) is 10.6 Å². The zero-order valence-corrected chi connectivity index (χ0v) is 20.8. The molecule has 1 aliphatic rings. The van der Waals surface area contributed by atoms with Crippen molar-refractivity contribution in [1.82, 2.24) is 10.6 Å². The first-order valence-corrected chi connectivity index (χ1v) is 11.7. The van der Waals surface area contributed by atoms with Gasteiger partial charge in [-0.3, -0.25) is 4.79 Å². The Labute approximate surface area is 205 Å². The molecule has 0 heterocycles. The molecule has 1 aliphatic carbocycles. The van der Waals surface area contributed by atoms with Crippen molar-refractivity contribution in [2.45, 2.75) is 58.1 Å². The minimum Gasteiger partial charge on any atom is -0.464 e. The first kappa shape index (κ1) is 25.6. The monoisotopic (exact) mass is 486 g/mol. The summed E-state index contributed by atoms with van der Waals surface area (Å²) in [7, 11) is 0. The van der Waals surface area contributed by atoms with Crippen LogP contribution in [0, 0.1) is 0 Å². The van der Waals surface area contributed by atoms with Gasteiger partial charge in [-0.25, -0.2) is 9.59 Å². The first-order valence-electron chi connectivity index (χ1n) is 11.3. The number of alkyl carbamates (subject to hydrolysis) is 1. The fourth-order valence-corrected chi connectivity index (χ4v) is 4.10. The molecule has 3 rings (SSSR count). The van der Waals surface area contributed by atoms with Crippen LogP contribution in [0.3, 0.4) is 0 Å². The van der Waals surface area contributed by atoms with Crippen LogP contribution in [0.1, 0.15) is 45.2 Å². The number of esters is 1. The van der Waals surface area contributed by atoms with E-state index in [0.29, 0.717) is 17.9 Å². The highest BCUT2D eigenvalue weighted by Gasteiger charge is 2.46. The predicted octanol–water partition coefficient (Wildman–Crippen LogP) is 4.44. The lowest BCUT2D eigenvalue weighted by molar-refractivity contribution is -0.153. The van der Waals surface area contributed by atoms with Crippen molar-refractivity contribution < 1.29 is 23.9 Å². The molecule has 34 heavy (non-hydrogen) atoms. The van der Waals surface area contributed by atoms with Crippen molar-refractivity contribution in [3.8, 4) is 11.1 Å². The molecule has 0 saturated carbocycles. The van der Waals surface area contributed by atoms with Crippen LogP contribution in [0.15, 0.2) is 42.5 Å². The Morgan fingerprint density at radius 3 is 2.29 bits per heavy atom. The molecule has 0 aromatic heterocycles. The summed E-state index contributed by atoms with van der Waals surface area (Å²) >= 11 is 6.00. The number of fused-ring (bicyclic) bond motifs is 1. The Hall–Kier alpha value is -3.06. The molecule has 0 saturated heterocycles. The van der Waals surface area contributed by atoms with Crippen LogP contribution in [-0.4, -0.2) is 42.3 Å². The normalized spacial score (nSPS) is 17.0. The number of halogens is 1. The highest BCUT2D eigenvalue weighted by molar-refractivity contribution is 6.30. The van der Waals surface area contributed by atoms with Gasteiger partial charge >= 0.3 is 12.1 Å². The maximum absolute atomic E-state index is 13.0. The van der Waals surface area contributed by atoms with Gasteiger partial charge in [0.1, 0.15) is 11.1 Å². The van der Waals surface area contributed by atoms with Gasteiger partial charge in [0.2, 0.25) is 5.91 Å². The summed E-state index contributed by atoms with van der Waals surface area (Å²) in [5.41, 5.74) is 2.17. The topological polar surface area (TPSA) is 93.7 Å². The van der Waals surface area contributed by atoms with Gasteiger partial charge in [0.05, 0.1) is 6.61 Å². The van der Waals surface area contributed by atoms with Crippen LogP contribution >= 0.6 is 11.6 Å². The molecule has 0 fully saturated rings. The molecule has 2 amide bonds. The van der Waals surface area contributed by atoms with Gasteiger partial charge in [0.15, 0.2) is 0 Å². The second-order valence-corrected chi connectivity index (χ2v) is 9.81. The molecule has 2 aromatic rings. The van der Waals surface area contributed by atoms with Crippen molar-refractivity contribution in [3.05, 3.63) is 58.6 Å². The summed E-state index contributed by atoms with van der Waals surface area (Å²) in [4.78, 5) is 37.5. The van der Waals surface area contributed by atoms with E-state index in [1.54, 1.807) is 27.7 Å². The molecule has 8 heteroatoms. The molecule has 1 unspecified atom stereocenters. The number of carbonyl (C=O) groups is 3. The lowest BCUT2D eigenvalue weighted by Gasteiger charge is -2.28. The predicted molar refractivity (Wildman–Crippen MR) is 131 cm³/mol. The lowest BCUT2D eigenvalue weighted by atomic mass is 9.95. The third kappa shape index (κ3) is 6.50. The zero-order valence-electron chi connectivity index (χ0n) is 20.0. The maximum Gasteiger partial charge on any atom is 0.407 e. The van der Waals surface area contributed by atoms with E-state index in [1.165, 1.54) is 0 Å². The van der Waals surface area contributed by atoms with Crippen molar-refractivity contribution >= 4 is 29.6 Å². The standard InChI is InChI=1S/C26H31ClN2O5/c1-5-33-23(31)26(29-22(30)12-13-28-24(32)34-25(2,3)4)15-19-7-6-18(14-20(19)16-26)17-8-10-21(27)11-9-17/h6-11,14H,5,12-13,15-16H2,1-4H3,(H,28,32)(H,29,30). The number of amides is 2. The van der Waals surface area contributed by atoms with Gasteiger partial charge in [0.25, 0.3) is 0 Å². The number of carbonyl (C=O) groups excluding carboxylic acids is 3. The summed E-state index contributed by atoms with van der Waals surface area (Å²) in [6.45, 7) is 7.32. The van der Waals surface area contributed by atoms with Crippen molar-refractivity contribution in [1.29, 1.82) is 0 Å². The molecular formula is C26H31ClN2O5. The molecule has 7 nitrogen and oxygen atoms in total. The van der Waals surface area contributed by atoms with Crippen LogP contribution in [0.25, 0.3) is 11.1 Å². The van der Waals surface area contributed by atoms with Crippen LogP contribution in [0.4, 0.5) is 4.79 Å². The summed E-state index contributed by atoms with van der Waals surface area (Å²) in [6.07, 6.45) is 0.0804. The Balaban J connectivity index is 1.70. The average molecular weight is 487 g/mol. The molecule has 2 aromatic carbocycles. The minimum absolute atomic E-state index is 0.00671. The van der Waals surface area contributed by atoms with Gasteiger partial charge < -0.3 is 20.1 Å². The van der Waals surface area contributed by atoms with Crippen molar-refractivity contribution in [3.63, 3.8) is 0 Å². The zero-order chi connectivity index (χ0) is 24.9. The smallest absolute Gasteiger partial charge is 0.407 e. The van der Waals surface area contributed by atoms with Crippen LogP contribution in [0.2, 0.25) is 5.02 Å². The van der Waals surface area contributed by atoms with Gasteiger partial charge in [-0.05, 0) is 62.1 Å². The second kappa shape index (κ2) is 10.5. The van der Waals surface area contributed by atoms with Crippen molar-refractivity contribution in [2.75, 3.05) is 13.2 Å². The summed E-state index contributed by atoms with van der Waals surface area (Å²) in [5.74, 6) is -0.817. The molecule has 0 spiro atoms. The first-order chi connectivity index (χ1) is 16.0. The molecule has 1 atom stereocenters. The molecule has 2 N–H and O–H groups in total. The number of rotatable bonds is 7. The van der Waals surface area contributed by atoms with E-state index in [9.17, 15) is 14.4 Å². The second-order valence-electron chi connectivity index (χ2n) is 9.37. The van der Waals surface area contributed by atoms with Crippen LogP contribution < -0.4 is 10.6 Å². The van der Waals surface area contributed by atoms with Gasteiger partial charge in [-0.15, -0.1) is 0 Å². The molecule has 182 valence electrons. The lowest BCUT2D eigenvalue weighted by Crippen LogP contribution is -2.56. The summed E-state index contributed by atoms with van der Waals surface area (Å²) in [5, 5.41) is 6.11. The molecule has 0 aliphatic heterocycles. The average Bonchev–Trinajstić information content (AvgIpc) is 3.11. The highest BCUT2D eigenvalue weighted by atomic mass is 35.5. The van der Waals surface area contributed by atoms with E-state index in [4.69, 9.17) is 21.1 Å². The fourth-order valence-electron chi connectivity index (χ4n) is 3.97. The largest absolute Gasteiger partial charge is 0.464 e. The fraction of sp³-hybridized carbons (Fsp3) is 0.423. The molecule has 0 radical (unpaired) electrons. The SMILES string of the molecule is CCOC(=O)C1(NC(=O)CCNC(=O)OC(C)(C)C)Cc2ccc(-c3ccc(Cl)cc3)cc2C1. The number of benzene rings is 2. The van der Waals surface area contributed by atoms with E-state index in [-0.39, 0.29) is 25.5 Å². The number of hydrogen-bond donors (Lipinski definition) is 2. The van der Waals surface area contributed by atoms with Gasteiger partial charge in [-0.1, -0.05) is 41.9 Å². The maximum atomic E-state index is 13.0. The van der Waals surface area contributed by atoms with E-state index >= 15 is 0 Å². The highest BCUT2D eigenvalue weighted by Crippen LogP contribution is 2.34. The Morgan fingerprint density at radius 2 is 1.65 bits per heavy atom. The third-order valence-electron chi connectivity index (χ3n) is 5.43. The summed E-state index contributed by atoms with van der Waals surface area (Å²) in [6, 6.07) is 13.6. The van der Waals surface area contributed by atoms with Crippen LogP contribution in [-0.2, 0) is 31.9 Å². The quantitative estimate of drug-likeness (QED) is 0.564. The van der Waals surface area contributed by atoms with Crippen LogP contribution in [0.5, 0.6) is 0 Å². The molecule has 0 bridgehead atoms. The van der Waals surface area contributed by atoms with Gasteiger partial charge in [-0.2, -0.15) is 0 Å².